The van der Waals surface area contributed by atoms with E-state index in [4.69, 9.17) is 15.2 Å². The van der Waals surface area contributed by atoms with Gasteiger partial charge in [0.05, 0.1) is 12.2 Å². The molecule has 1 amide bonds. The Kier molecular flexibility index (Phi) is 7.68. The minimum atomic E-state index is -0.178. The first-order valence-corrected chi connectivity index (χ1v) is 10.5. The van der Waals surface area contributed by atoms with Gasteiger partial charge in [-0.1, -0.05) is 48.9 Å². The number of benzene rings is 2. The third kappa shape index (κ3) is 5.86. The average Bonchev–Trinajstić information content (AvgIpc) is 2.93. The SMILES string of the molecule is CCC1=C(COC)C=CC(C(=O)NCc2ccc(Oc3ccccc3C)cc2)=C(N)C1. The number of carbonyl (C=O) groups is 1. The summed E-state index contributed by atoms with van der Waals surface area (Å²) in [7, 11) is 1.67. The first kappa shape index (κ1) is 22.4. The molecule has 2 aromatic rings. The second-order valence-electron chi connectivity index (χ2n) is 7.56. The van der Waals surface area contributed by atoms with Crippen molar-refractivity contribution in [3.05, 3.63) is 94.2 Å². The van der Waals surface area contributed by atoms with Crippen molar-refractivity contribution < 1.29 is 14.3 Å². The number of methoxy groups -OCH3 is 1. The molecule has 2 aromatic carbocycles. The fourth-order valence-electron chi connectivity index (χ4n) is 3.48. The minimum Gasteiger partial charge on any atom is -0.457 e. The maximum absolute atomic E-state index is 12.8. The van der Waals surface area contributed by atoms with Crippen molar-refractivity contribution in [3.8, 4) is 11.5 Å². The summed E-state index contributed by atoms with van der Waals surface area (Å²) < 4.78 is 11.2. The van der Waals surface area contributed by atoms with Crippen LogP contribution in [0.5, 0.6) is 11.5 Å². The normalized spacial score (nSPS) is 13.9. The molecule has 0 fully saturated rings. The van der Waals surface area contributed by atoms with E-state index in [1.54, 1.807) is 13.2 Å². The summed E-state index contributed by atoms with van der Waals surface area (Å²) in [6.45, 7) is 5.02. The minimum absolute atomic E-state index is 0.178. The summed E-state index contributed by atoms with van der Waals surface area (Å²) >= 11 is 0. The van der Waals surface area contributed by atoms with Gasteiger partial charge in [-0.05, 0) is 54.3 Å². The Morgan fingerprint density at radius 3 is 2.52 bits per heavy atom. The van der Waals surface area contributed by atoms with Gasteiger partial charge >= 0.3 is 0 Å². The Bertz CT molecular complexity index is 1020. The molecular weight excluding hydrogens is 388 g/mol. The molecule has 1 aliphatic rings. The summed E-state index contributed by atoms with van der Waals surface area (Å²) in [5.74, 6) is 1.41. The van der Waals surface area contributed by atoms with Crippen molar-refractivity contribution in [2.45, 2.75) is 33.2 Å². The highest BCUT2D eigenvalue weighted by Crippen LogP contribution is 2.26. The molecular formula is C26H30N2O3. The second-order valence-corrected chi connectivity index (χ2v) is 7.56. The maximum atomic E-state index is 12.8. The Balaban J connectivity index is 1.61. The largest absolute Gasteiger partial charge is 0.457 e. The van der Waals surface area contributed by atoms with Gasteiger partial charge in [0, 0.05) is 25.8 Å². The summed E-state index contributed by atoms with van der Waals surface area (Å²) in [6, 6.07) is 15.6. The van der Waals surface area contributed by atoms with Crippen molar-refractivity contribution in [3.63, 3.8) is 0 Å². The predicted octanol–water partition coefficient (Wildman–Crippen LogP) is 4.93. The van der Waals surface area contributed by atoms with Gasteiger partial charge in [0.15, 0.2) is 0 Å². The fraction of sp³-hybridized carbons (Fsp3) is 0.269. The number of rotatable bonds is 8. The van der Waals surface area contributed by atoms with E-state index in [0.717, 1.165) is 34.6 Å². The molecule has 0 atom stereocenters. The molecule has 0 spiro atoms. The number of nitrogens with two attached hydrogens (primary N) is 1. The molecule has 162 valence electrons. The lowest BCUT2D eigenvalue weighted by molar-refractivity contribution is -0.117. The average molecular weight is 419 g/mol. The van der Waals surface area contributed by atoms with Gasteiger partial charge in [-0.2, -0.15) is 0 Å². The van der Waals surface area contributed by atoms with Crippen molar-refractivity contribution in [1.82, 2.24) is 5.32 Å². The quantitative estimate of drug-likeness (QED) is 0.638. The molecule has 0 saturated heterocycles. The highest BCUT2D eigenvalue weighted by Gasteiger charge is 2.16. The third-order valence-electron chi connectivity index (χ3n) is 5.32. The number of aryl methyl sites for hydroxylation is 1. The molecule has 5 heteroatoms. The van der Waals surface area contributed by atoms with E-state index in [1.165, 1.54) is 5.57 Å². The molecule has 0 bridgehead atoms. The highest BCUT2D eigenvalue weighted by atomic mass is 16.5. The van der Waals surface area contributed by atoms with Crippen LogP contribution in [0, 0.1) is 6.92 Å². The monoisotopic (exact) mass is 418 g/mol. The number of hydrogen-bond donors (Lipinski definition) is 2. The molecule has 0 aliphatic heterocycles. The Labute approximate surface area is 184 Å². The van der Waals surface area contributed by atoms with Crippen LogP contribution in [0.1, 0.15) is 30.9 Å². The lowest BCUT2D eigenvalue weighted by Gasteiger charge is -2.11. The molecule has 0 heterocycles. The summed E-state index contributed by atoms with van der Waals surface area (Å²) in [5, 5.41) is 2.97. The Morgan fingerprint density at radius 2 is 1.84 bits per heavy atom. The van der Waals surface area contributed by atoms with Crippen molar-refractivity contribution in [2.24, 2.45) is 5.73 Å². The number of ether oxygens (including phenoxy) is 2. The summed E-state index contributed by atoms with van der Waals surface area (Å²) in [5.41, 5.74) is 11.7. The van der Waals surface area contributed by atoms with Gasteiger partial charge in [-0.3, -0.25) is 4.79 Å². The van der Waals surface area contributed by atoms with E-state index in [-0.39, 0.29) is 5.91 Å². The topological polar surface area (TPSA) is 73.6 Å². The molecule has 3 rings (SSSR count). The van der Waals surface area contributed by atoms with E-state index in [9.17, 15) is 4.79 Å². The van der Waals surface area contributed by atoms with Crippen LogP contribution < -0.4 is 15.8 Å². The van der Waals surface area contributed by atoms with E-state index in [0.29, 0.717) is 30.8 Å². The zero-order valence-electron chi connectivity index (χ0n) is 18.4. The first-order valence-electron chi connectivity index (χ1n) is 10.5. The Morgan fingerprint density at radius 1 is 1.10 bits per heavy atom. The molecule has 3 N–H and O–H groups in total. The lowest BCUT2D eigenvalue weighted by atomic mass is 10.0. The van der Waals surface area contributed by atoms with Gasteiger partial charge in [0.25, 0.3) is 5.91 Å². The molecule has 5 nitrogen and oxygen atoms in total. The maximum Gasteiger partial charge on any atom is 0.253 e. The standard InChI is InChI=1S/C26H30N2O3/c1-4-20-15-24(27)23(14-11-21(20)17-30-3)26(29)28-16-19-9-12-22(13-10-19)31-25-8-6-5-7-18(25)2/h5-14H,4,15-17,27H2,1-3H3,(H,28,29). The van der Waals surface area contributed by atoms with Crippen molar-refractivity contribution >= 4 is 5.91 Å². The number of allylic oxidation sites excluding steroid dienone is 1. The van der Waals surface area contributed by atoms with Crippen LogP contribution in [-0.4, -0.2) is 19.6 Å². The van der Waals surface area contributed by atoms with E-state index in [2.05, 4.69) is 12.2 Å². The Hall–Kier alpha value is -3.31. The van der Waals surface area contributed by atoms with Crippen LogP contribution in [0.25, 0.3) is 0 Å². The van der Waals surface area contributed by atoms with Crippen molar-refractivity contribution in [1.29, 1.82) is 0 Å². The van der Waals surface area contributed by atoms with E-state index >= 15 is 0 Å². The summed E-state index contributed by atoms with van der Waals surface area (Å²) in [4.78, 5) is 12.8. The molecule has 0 saturated carbocycles. The molecule has 1 aliphatic carbocycles. The first-order chi connectivity index (χ1) is 15.0. The zero-order chi connectivity index (χ0) is 22.2. The van der Waals surface area contributed by atoms with Crippen LogP contribution in [0.15, 0.2) is 83.1 Å². The van der Waals surface area contributed by atoms with Crippen LogP contribution in [-0.2, 0) is 16.1 Å². The van der Waals surface area contributed by atoms with Crippen LogP contribution in [0.2, 0.25) is 0 Å². The van der Waals surface area contributed by atoms with Gasteiger partial charge < -0.3 is 20.5 Å². The van der Waals surface area contributed by atoms with E-state index in [1.807, 2.05) is 61.5 Å². The van der Waals surface area contributed by atoms with Crippen LogP contribution in [0.3, 0.4) is 0 Å². The van der Waals surface area contributed by atoms with Crippen LogP contribution in [0.4, 0.5) is 0 Å². The number of carbonyl (C=O) groups excluding carboxylic acids is 1. The van der Waals surface area contributed by atoms with Gasteiger partial charge in [-0.15, -0.1) is 0 Å². The number of nitrogens with one attached hydrogen (secondary N) is 1. The molecule has 0 unspecified atom stereocenters. The molecule has 0 aromatic heterocycles. The summed E-state index contributed by atoms with van der Waals surface area (Å²) in [6.07, 6.45) is 5.18. The van der Waals surface area contributed by atoms with Gasteiger partial charge in [0.2, 0.25) is 0 Å². The molecule has 0 radical (unpaired) electrons. The molecule has 31 heavy (non-hydrogen) atoms. The number of para-hydroxylation sites is 1. The van der Waals surface area contributed by atoms with Crippen LogP contribution >= 0.6 is 0 Å². The predicted molar refractivity (Wildman–Crippen MR) is 124 cm³/mol. The number of amides is 1. The fourth-order valence-corrected chi connectivity index (χ4v) is 3.48. The second kappa shape index (κ2) is 10.6. The zero-order valence-corrected chi connectivity index (χ0v) is 18.4. The van der Waals surface area contributed by atoms with E-state index < -0.39 is 0 Å². The third-order valence-corrected chi connectivity index (χ3v) is 5.32. The van der Waals surface area contributed by atoms with Gasteiger partial charge in [-0.25, -0.2) is 0 Å². The lowest BCUT2D eigenvalue weighted by Crippen LogP contribution is -2.26. The number of hydrogen-bond acceptors (Lipinski definition) is 4. The highest BCUT2D eigenvalue weighted by molar-refractivity contribution is 5.97. The smallest absolute Gasteiger partial charge is 0.253 e. The van der Waals surface area contributed by atoms with Gasteiger partial charge in [0.1, 0.15) is 11.5 Å². The van der Waals surface area contributed by atoms with Crippen molar-refractivity contribution in [2.75, 3.05) is 13.7 Å².